The lowest BCUT2D eigenvalue weighted by atomic mass is 9.96. The highest BCUT2D eigenvalue weighted by Crippen LogP contribution is 2.18. The van der Waals surface area contributed by atoms with E-state index in [2.05, 4.69) is 19.4 Å². The van der Waals surface area contributed by atoms with Gasteiger partial charge < -0.3 is 10.1 Å². The van der Waals surface area contributed by atoms with Gasteiger partial charge in [-0.25, -0.2) is 4.79 Å². The Labute approximate surface area is 97.2 Å². The van der Waals surface area contributed by atoms with Crippen molar-refractivity contribution in [1.82, 2.24) is 9.36 Å². The lowest BCUT2D eigenvalue weighted by Crippen LogP contribution is -2.27. The van der Waals surface area contributed by atoms with Crippen LogP contribution in [0.2, 0.25) is 0 Å². The summed E-state index contributed by atoms with van der Waals surface area (Å²) >= 11 is 0.944. The molecule has 0 spiro atoms. The molecule has 0 aliphatic heterocycles. The highest BCUT2D eigenvalue weighted by molar-refractivity contribution is 7.10. The van der Waals surface area contributed by atoms with E-state index in [0.717, 1.165) is 11.5 Å². The molecule has 0 unspecified atom stereocenters. The van der Waals surface area contributed by atoms with Crippen LogP contribution in [-0.2, 0) is 9.53 Å². The number of hydrogen-bond donors (Lipinski definition) is 1. The SMILES string of the molecule is COC(=O)c1nsc(NC(=O)C(C)(C)C)n1. The van der Waals surface area contributed by atoms with Crippen LogP contribution in [0.4, 0.5) is 5.13 Å². The molecule has 0 fully saturated rings. The van der Waals surface area contributed by atoms with Crippen LogP contribution in [0.15, 0.2) is 0 Å². The zero-order valence-corrected chi connectivity index (χ0v) is 10.3. The second-order valence-corrected chi connectivity index (χ2v) is 4.87. The minimum atomic E-state index is -0.618. The summed E-state index contributed by atoms with van der Waals surface area (Å²) < 4.78 is 8.22. The van der Waals surface area contributed by atoms with E-state index < -0.39 is 11.4 Å². The first-order valence-electron chi connectivity index (χ1n) is 4.58. The van der Waals surface area contributed by atoms with Gasteiger partial charge in [0.15, 0.2) is 0 Å². The molecule has 0 aromatic carbocycles. The van der Waals surface area contributed by atoms with Crippen molar-refractivity contribution in [2.45, 2.75) is 20.8 Å². The van der Waals surface area contributed by atoms with E-state index in [0.29, 0.717) is 5.13 Å². The van der Waals surface area contributed by atoms with Gasteiger partial charge in [0.25, 0.3) is 5.82 Å². The zero-order chi connectivity index (χ0) is 12.3. The van der Waals surface area contributed by atoms with Crippen molar-refractivity contribution in [2.24, 2.45) is 5.41 Å². The standard InChI is InChI=1S/C9H13N3O3S/c1-9(2,3)7(14)11-8-10-5(12-16-8)6(13)15-4/h1-4H3,(H,10,11,12,14). The summed E-state index contributed by atoms with van der Waals surface area (Å²) in [7, 11) is 1.25. The Morgan fingerprint density at radius 1 is 1.38 bits per heavy atom. The summed E-state index contributed by atoms with van der Waals surface area (Å²) in [6, 6.07) is 0. The molecule has 1 N–H and O–H groups in total. The van der Waals surface area contributed by atoms with Crippen LogP contribution in [-0.4, -0.2) is 28.3 Å². The number of aromatic nitrogens is 2. The molecule has 1 rings (SSSR count). The minimum Gasteiger partial charge on any atom is -0.463 e. The molecular formula is C9H13N3O3S. The third-order valence-electron chi connectivity index (χ3n) is 1.70. The molecule has 0 saturated heterocycles. The van der Waals surface area contributed by atoms with E-state index in [4.69, 9.17) is 0 Å². The molecule has 7 heteroatoms. The van der Waals surface area contributed by atoms with Crippen molar-refractivity contribution in [3.05, 3.63) is 5.82 Å². The lowest BCUT2D eigenvalue weighted by molar-refractivity contribution is -0.123. The fraction of sp³-hybridized carbons (Fsp3) is 0.556. The van der Waals surface area contributed by atoms with Gasteiger partial charge in [0.05, 0.1) is 7.11 Å². The molecule has 0 bridgehead atoms. The largest absolute Gasteiger partial charge is 0.463 e. The molecular weight excluding hydrogens is 230 g/mol. The number of hydrogen-bond acceptors (Lipinski definition) is 6. The Hall–Kier alpha value is -1.50. The molecule has 1 aromatic rings. The summed E-state index contributed by atoms with van der Waals surface area (Å²) in [5.41, 5.74) is -0.517. The van der Waals surface area contributed by atoms with Gasteiger partial charge in [-0.1, -0.05) is 20.8 Å². The maximum atomic E-state index is 11.6. The van der Waals surface area contributed by atoms with Gasteiger partial charge in [-0.2, -0.15) is 9.36 Å². The predicted molar refractivity (Wildman–Crippen MR) is 59.3 cm³/mol. The molecule has 16 heavy (non-hydrogen) atoms. The van der Waals surface area contributed by atoms with E-state index in [9.17, 15) is 9.59 Å². The van der Waals surface area contributed by atoms with Crippen molar-refractivity contribution in [3.8, 4) is 0 Å². The van der Waals surface area contributed by atoms with Crippen LogP contribution in [0, 0.1) is 5.41 Å². The Morgan fingerprint density at radius 3 is 2.50 bits per heavy atom. The van der Waals surface area contributed by atoms with Crippen molar-refractivity contribution < 1.29 is 14.3 Å². The van der Waals surface area contributed by atoms with E-state index in [1.807, 2.05) is 0 Å². The average molecular weight is 243 g/mol. The van der Waals surface area contributed by atoms with Crippen LogP contribution in [0.5, 0.6) is 0 Å². The average Bonchev–Trinajstić information content (AvgIpc) is 2.63. The monoisotopic (exact) mass is 243 g/mol. The van der Waals surface area contributed by atoms with Crippen LogP contribution >= 0.6 is 11.5 Å². The number of carbonyl (C=O) groups excluding carboxylic acids is 2. The van der Waals surface area contributed by atoms with Crippen LogP contribution < -0.4 is 5.32 Å². The molecule has 0 saturated carbocycles. The van der Waals surface area contributed by atoms with Gasteiger partial charge in [-0.3, -0.25) is 4.79 Å². The fourth-order valence-electron chi connectivity index (χ4n) is 0.733. The van der Waals surface area contributed by atoms with Gasteiger partial charge in [-0.05, 0) is 0 Å². The number of anilines is 1. The molecule has 0 atom stereocenters. The Bertz CT molecular complexity index is 408. The third-order valence-corrected chi connectivity index (χ3v) is 2.33. The number of nitrogens with zero attached hydrogens (tertiary/aromatic N) is 2. The van der Waals surface area contributed by atoms with Crippen LogP contribution in [0.3, 0.4) is 0 Å². The first-order chi connectivity index (χ1) is 7.34. The fourth-order valence-corrected chi connectivity index (χ4v) is 1.29. The maximum absolute atomic E-state index is 11.6. The van der Waals surface area contributed by atoms with E-state index in [1.165, 1.54) is 7.11 Å². The molecule has 0 aliphatic rings. The molecule has 6 nitrogen and oxygen atoms in total. The molecule has 88 valence electrons. The van der Waals surface area contributed by atoms with E-state index in [-0.39, 0.29) is 11.7 Å². The molecule has 1 aromatic heterocycles. The van der Waals surface area contributed by atoms with Crippen molar-refractivity contribution in [2.75, 3.05) is 12.4 Å². The highest BCUT2D eigenvalue weighted by atomic mass is 32.1. The topological polar surface area (TPSA) is 81.2 Å². The number of ether oxygens (including phenoxy) is 1. The molecule has 1 amide bonds. The van der Waals surface area contributed by atoms with Crippen molar-refractivity contribution in [1.29, 1.82) is 0 Å². The van der Waals surface area contributed by atoms with E-state index in [1.54, 1.807) is 20.8 Å². The van der Waals surface area contributed by atoms with Gasteiger partial charge in [0, 0.05) is 16.9 Å². The Morgan fingerprint density at radius 2 is 2.00 bits per heavy atom. The third kappa shape index (κ3) is 2.99. The van der Waals surface area contributed by atoms with Crippen LogP contribution in [0.1, 0.15) is 31.4 Å². The van der Waals surface area contributed by atoms with Gasteiger partial charge in [0.1, 0.15) is 0 Å². The number of esters is 1. The zero-order valence-electron chi connectivity index (χ0n) is 9.53. The predicted octanol–water partition coefficient (Wildman–Crippen LogP) is 1.31. The number of carbonyl (C=O) groups is 2. The Balaban J connectivity index is 2.73. The van der Waals surface area contributed by atoms with Crippen LogP contribution in [0.25, 0.3) is 0 Å². The normalized spacial score (nSPS) is 11.0. The molecule has 0 aliphatic carbocycles. The summed E-state index contributed by atoms with van der Waals surface area (Å²) in [4.78, 5) is 26.5. The maximum Gasteiger partial charge on any atom is 0.377 e. The number of methoxy groups -OCH3 is 1. The number of rotatable bonds is 2. The van der Waals surface area contributed by atoms with Gasteiger partial charge in [-0.15, -0.1) is 0 Å². The molecule has 1 heterocycles. The first-order valence-corrected chi connectivity index (χ1v) is 5.35. The summed E-state index contributed by atoms with van der Waals surface area (Å²) in [6.07, 6.45) is 0. The lowest BCUT2D eigenvalue weighted by Gasteiger charge is -2.15. The Kier molecular flexibility index (Phi) is 3.58. The van der Waals surface area contributed by atoms with E-state index >= 15 is 0 Å². The smallest absolute Gasteiger partial charge is 0.377 e. The van der Waals surface area contributed by atoms with Gasteiger partial charge >= 0.3 is 5.97 Å². The minimum absolute atomic E-state index is 0.0447. The summed E-state index contributed by atoms with van der Waals surface area (Å²) in [5.74, 6) is -0.843. The first kappa shape index (κ1) is 12.6. The highest BCUT2D eigenvalue weighted by Gasteiger charge is 2.23. The number of amides is 1. The summed E-state index contributed by atoms with van der Waals surface area (Å²) in [5, 5.41) is 2.87. The summed E-state index contributed by atoms with van der Waals surface area (Å²) in [6.45, 7) is 5.35. The molecule has 0 radical (unpaired) electrons. The number of nitrogens with one attached hydrogen (secondary N) is 1. The second kappa shape index (κ2) is 4.56. The second-order valence-electron chi connectivity index (χ2n) is 4.12. The van der Waals surface area contributed by atoms with Crippen molar-refractivity contribution in [3.63, 3.8) is 0 Å². The van der Waals surface area contributed by atoms with Crippen molar-refractivity contribution >= 4 is 28.5 Å². The van der Waals surface area contributed by atoms with Gasteiger partial charge in [0.2, 0.25) is 11.0 Å². The quantitative estimate of drug-likeness (QED) is 0.792.